The first kappa shape index (κ1) is 12.3. The second kappa shape index (κ2) is 5.48. The van der Waals surface area contributed by atoms with E-state index in [-0.39, 0.29) is 0 Å². The molecule has 1 aliphatic heterocycles. The molecule has 0 amide bonds. The molecule has 0 aromatic carbocycles. The van der Waals surface area contributed by atoms with Gasteiger partial charge in [-0.15, -0.1) is 5.10 Å². The molecule has 0 bridgehead atoms. The number of anilines is 2. The predicted octanol–water partition coefficient (Wildman–Crippen LogP) is 1.22. The monoisotopic (exact) mass is 276 g/mol. The Labute approximate surface area is 116 Å². The minimum Gasteiger partial charge on any atom is -0.352 e. The molecule has 0 N–H and O–H groups in total. The largest absolute Gasteiger partial charge is 0.352 e. The molecule has 0 aliphatic carbocycles. The third kappa shape index (κ3) is 2.65. The van der Waals surface area contributed by atoms with Crippen LogP contribution in [0.5, 0.6) is 0 Å². The van der Waals surface area contributed by atoms with Gasteiger partial charge in [-0.1, -0.05) is 6.92 Å². The third-order valence-electron chi connectivity index (χ3n) is 3.21. The molecule has 0 unspecified atom stereocenters. The summed E-state index contributed by atoms with van der Waals surface area (Å²) in [4.78, 5) is 9.09. The van der Waals surface area contributed by atoms with Crippen molar-refractivity contribution < 1.29 is 0 Å². The summed E-state index contributed by atoms with van der Waals surface area (Å²) in [7, 11) is 0. The van der Waals surface area contributed by atoms with Crippen molar-refractivity contribution in [2.45, 2.75) is 13.3 Å². The molecule has 0 radical (unpaired) electrons. The fourth-order valence-corrected chi connectivity index (χ4v) is 2.91. The molecule has 0 saturated carbocycles. The number of aryl methyl sites for hydroxylation is 1. The fraction of sp³-hybridized carbons (Fsp3) is 0.500. The van der Waals surface area contributed by atoms with E-state index in [4.69, 9.17) is 0 Å². The first-order chi connectivity index (χ1) is 9.36. The van der Waals surface area contributed by atoms with E-state index in [1.807, 2.05) is 12.1 Å². The van der Waals surface area contributed by atoms with Crippen LogP contribution in [0.25, 0.3) is 0 Å². The summed E-state index contributed by atoms with van der Waals surface area (Å²) < 4.78 is 4.34. The average molecular weight is 276 g/mol. The topological polar surface area (TPSA) is 58.0 Å². The van der Waals surface area contributed by atoms with Gasteiger partial charge in [0.15, 0.2) is 5.82 Å². The number of hydrogen-bond donors (Lipinski definition) is 0. The lowest BCUT2D eigenvalue weighted by Crippen LogP contribution is -2.46. The SMILES string of the molecule is CCc1nsc(N2CCN(c3cccnn3)CC2)n1. The summed E-state index contributed by atoms with van der Waals surface area (Å²) in [5, 5.41) is 9.11. The lowest BCUT2D eigenvalue weighted by Gasteiger charge is -2.34. The van der Waals surface area contributed by atoms with Gasteiger partial charge in [0.05, 0.1) is 0 Å². The quantitative estimate of drug-likeness (QED) is 0.840. The number of hydrogen-bond acceptors (Lipinski definition) is 7. The highest BCUT2D eigenvalue weighted by atomic mass is 32.1. The van der Waals surface area contributed by atoms with E-state index in [0.29, 0.717) is 0 Å². The van der Waals surface area contributed by atoms with Crippen molar-refractivity contribution in [3.05, 3.63) is 24.2 Å². The van der Waals surface area contributed by atoms with Crippen LogP contribution in [-0.2, 0) is 6.42 Å². The third-order valence-corrected chi connectivity index (χ3v) is 4.02. The van der Waals surface area contributed by atoms with Gasteiger partial charge in [0.2, 0.25) is 5.13 Å². The zero-order valence-corrected chi connectivity index (χ0v) is 11.7. The van der Waals surface area contributed by atoms with Crippen LogP contribution in [0.4, 0.5) is 10.9 Å². The number of aromatic nitrogens is 4. The lowest BCUT2D eigenvalue weighted by molar-refractivity contribution is 0.641. The van der Waals surface area contributed by atoms with E-state index in [9.17, 15) is 0 Å². The number of rotatable bonds is 3. The van der Waals surface area contributed by atoms with Crippen LogP contribution in [-0.4, -0.2) is 45.7 Å². The van der Waals surface area contributed by atoms with Crippen molar-refractivity contribution >= 4 is 22.5 Å². The molecule has 2 aromatic heterocycles. The van der Waals surface area contributed by atoms with Crippen LogP contribution in [0.15, 0.2) is 18.3 Å². The van der Waals surface area contributed by atoms with Crippen molar-refractivity contribution in [3.8, 4) is 0 Å². The van der Waals surface area contributed by atoms with Gasteiger partial charge < -0.3 is 9.80 Å². The van der Waals surface area contributed by atoms with Gasteiger partial charge in [0, 0.05) is 50.3 Å². The average Bonchev–Trinajstić information content (AvgIpc) is 2.97. The Morgan fingerprint density at radius 2 is 2.00 bits per heavy atom. The van der Waals surface area contributed by atoms with Crippen LogP contribution in [0, 0.1) is 0 Å². The van der Waals surface area contributed by atoms with Crippen molar-refractivity contribution in [2.24, 2.45) is 0 Å². The minimum atomic E-state index is 0.899. The van der Waals surface area contributed by atoms with Crippen molar-refractivity contribution in [1.29, 1.82) is 0 Å². The maximum absolute atomic E-state index is 4.54. The molecule has 6 nitrogen and oxygen atoms in total. The molecule has 100 valence electrons. The molecule has 1 aliphatic rings. The van der Waals surface area contributed by atoms with Gasteiger partial charge in [0.25, 0.3) is 0 Å². The van der Waals surface area contributed by atoms with Crippen LogP contribution in [0.2, 0.25) is 0 Å². The van der Waals surface area contributed by atoms with Gasteiger partial charge in [-0.05, 0) is 12.1 Å². The van der Waals surface area contributed by atoms with Crippen molar-refractivity contribution in [3.63, 3.8) is 0 Å². The summed E-state index contributed by atoms with van der Waals surface area (Å²) in [5.41, 5.74) is 0. The minimum absolute atomic E-state index is 0.899. The maximum Gasteiger partial charge on any atom is 0.205 e. The van der Waals surface area contributed by atoms with Crippen LogP contribution in [0.1, 0.15) is 12.7 Å². The van der Waals surface area contributed by atoms with Crippen LogP contribution >= 0.6 is 11.5 Å². The second-order valence-corrected chi connectivity index (χ2v) is 5.13. The van der Waals surface area contributed by atoms with Crippen molar-refractivity contribution in [2.75, 3.05) is 36.0 Å². The maximum atomic E-state index is 4.54. The van der Waals surface area contributed by atoms with E-state index in [0.717, 1.165) is 49.4 Å². The highest BCUT2D eigenvalue weighted by Crippen LogP contribution is 2.20. The van der Waals surface area contributed by atoms with E-state index in [1.54, 1.807) is 6.20 Å². The number of piperazine rings is 1. The molecule has 0 atom stereocenters. The molecule has 7 heteroatoms. The van der Waals surface area contributed by atoms with Gasteiger partial charge in [-0.3, -0.25) is 0 Å². The Balaban J connectivity index is 1.63. The molecular weight excluding hydrogens is 260 g/mol. The molecule has 3 heterocycles. The molecule has 1 saturated heterocycles. The van der Waals surface area contributed by atoms with E-state index < -0.39 is 0 Å². The predicted molar refractivity (Wildman–Crippen MR) is 75.7 cm³/mol. The summed E-state index contributed by atoms with van der Waals surface area (Å²) in [5.74, 6) is 1.89. The van der Waals surface area contributed by atoms with E-state index >= 15 is 0 Å². The molecule has 19 heavy (non-hydrogen) atoms. The van der Waals surface area contributed by atoms with Crippen LogP contribution in [0.3, 0.4) is 0 Å². The molecule has 3 rings (SSSR count). The fourth-order valence-electron chi connectivity index (χ4n) is 2.11. The van der Waals surface area contributed by atoms with Gasteiger partial charge >= 0.3 is 0 Å². The summed E-state index contributed by atoms with van der Waals surface area (Å²) >= 11 is 1.50. The molecule has 1 fully saturated rings. The normalized spacial score (nSPS) is 15.8. The Bertz CT molecular complexity index is 520. The Morgan fingerprint density at radius 1 is 1.21 bits per heavy atom. The lowest BCUT2D eigenvalue weighted by atomic mass is 10.3. The van der Waals surface area contributed by atoms with Crippen LogP contribution < -0.4 is 9.80 Å². The first-order valence-electron chi connectivity index (χ1n) is 6.47. The zero-order chi connectivity index (χ0) is 13.1. The first-order valence-corrected chi connectivity index (χ1v) is 7.24. The van der Waals surface area contributed by atoms with E-state index in [1.165, 1.54) is 11.5 Å². The highest BCUT2D eigenvalue weighted by molar-refractivity contribution is 7.09. The van der Waals surface area contributed by atoms with Gasteiger partial charge in [0.1, 0.15) is 5.82 Å². The Kier molecular flexibility index (Phi) is 3.54. The summed E-state index contributed by atoms with van der Waals surface area (Å²) in [6, 6.07) is 3.93. The zero-order valence-electron chi connectivity index (χ0n) is 10.9. The molecular formula is C12H16N6S. The molecule has 2 aromatic rings. The second-order valence-electron chi connectivity index (χ2n) is 4.40. The molecule has 0 spiro atoms. The van der Waals surface area contributed by atoms with Gasteiger partial charge in [-0.25, -0.2) is 4.98 Å². The smallest absolute Gasteiger partial charge is 0.205 e. The van der Waals surface area contributed by atoms with Gasteiger partial charge in [-0.2, -0.15) is 9.47 Å². The Hall–Kier alpha value is -1.76. The van der Waals surface area contributed by atoms with Crippen molar-refractivity contribution in [1.82, 2.24) is 19.6 Å². The van der Waals surface area contributed by atoms with E-state index in [2.05, 4.69) is 36.3 Å². The summed E-state index contributed by atoms with van der Waals surface area (Å²) in [6.45, 7) is 5.88. The standard InChI is InChI=1S/C12H16N6S/c1-2-10-14-12(19-16-10)18-8-6-17(7-9-18)11-4-3-5-13-15-11/h3-5H,2,6-9H2,1H3. The number of nitrogens with zero attached hydrogens (tertiary/aromatic N) is 6. The Morgan fingerprint density at radius 3 is 2.63 bits per heavy atom. The highest BCUT2D eigenvalue weighted by Gasteiger charge is 2.20. The summed E-state index contributed by atoms with van der Waals surface area (Å²) in [6.07, 6.45) is 2.60.